The summed E-state index contributed by atoms with van der Waals surface area (Å²) in [6.07, 6.45) is 0.111. The molecule has 2 heterocycles. The zero-order chi connectivity index (χ0) is 10.7. The van der Waals surface area contributed by atoms with Crippen LogP contribution >= 0.6 is 11.8 Å². The molecular weight excluding hydrogens is 218 g/mol. The molecule has 78 valence electrons. The quantitative estimate of drug-likeness (QED) is 0.736. The molecule has 2 aromatic heterocycles. The van der Waals surface area contributed by atoms with Crippen LogP contribution in [0.3, 0.4) is 0 Å². The SMILES string of the molecule is O=C(O)CCSc1ccc2nnnn2n1. The van der Waals surface area contributed by atoms with E-state index in [1.807, 2.05) is 0 Å². The van der Waals surface area contributed by atoms with Crippen LogP contribution in [0.5, 0.6) is 0 Å². The van der Waals surface area contributed by atoms with Crippen molar-refractivity contribution < 1.29 is 9.90 Å². The number of carboxylic acids is 1. The minimum absolute atomic E-state index is 0.111. The van der Waals surface area contributed by atoms with Gasteiger partial charge in [0.25, 0.3) is 0 Å². The van der Waals surface area contributed by atoms with Crippen molar-refractivity contribution in [1.29, 1.82) is 0 Å². The molecule has 0 aromatic carbocycles. The number of hydrogen-bond donors (Lipinski definition) is 1. The molecule has 0 bridgehead atoms. The maximum absolute atomic E-state index is 10.3. The molecule has 15 heavy (non-hydrogen) atoms. The van der Waals surface area contributed by atoms with Crippen LogP contribution < -0.4 is 0 Å². The highest BCUT2D eigenvalue weighted by atomic mass is 32.2. The van der Waals surface area contributed by atoms with Crippen LogP contribution in [0.1, 0.15) is 6.42 Å². The standard InChI is InChI=1S/C7H7N5O2S/c13-7(14)3-4-15-6-2-1-5-8-10-11-12(5)9-6/h1-2H,3-4H2,(H,13,14). The maximum Gasteiger partial charge on any atom is 0.304 e. The fourth-order valence-electron chi connectivity index (χ4n) is 0.953. The third-order valence-corrected chi connectivity index (χ3v) is 2.53. The summed E-state index contributed by atoms with van der Waals surface area (Å²) < 4.78 is 1.31. The summed E-state index contributed by atoms with van der Waals surface area (Å²) in [4.78, 5) is 10.3. The van der Waals surface area contributed by atoms with Gasteiger partial charge in [-0.3, -0.25) is 4.79 Å². The molecule has 0 spiro atoms. The highest BCUT2D eigenvalue weighted by Gasteiger charge is 2.02. The van der Waals surface area contributed by atoms with E-state index in [9.17, 15) is 4.79 Å². The zero-order valence-electron chi connectivity index (χ0n) is 7.57. The number of carbonyl (C=O) groups is 1. The van der Waals surface area contributed by atoms with Crippen molar-refractivity contribution >= 4 is 23.4 Å². The Morgan fingerprint density at radius 2 is 2.40 bits per heavy atom. The first-order chi connectivity index (χ1) is 7.25. The predicted molar refractivity (Wildman–Crippen MR) is 51.6 cm³/mol. The van der Waals surface area contributed by atoms with Gasteiger partial charge >= 0.3 is 5.97 Å². The van der Waals surface area contributed by atoms with Crippen LogP contribution in [0, 0.1) is 0 Å². The molecule has 0 aliphatic carbocycles. The lowest BCUT2D eigenvalue weighted by atomic mass is 10.5. The molecule has 0 fully saturated rings. The smallest absolute Gasteiger partial charge is 0.304 e. The minimum Gasteiger partial charge on any atom is -0.481 e. The fourth-order valence-corrected chi connectivity index (χ4v) is 1.74. The van der Waals surface area contributed by atoms with Crippen molar-refractivity contribution in [2.24, 2.45) is 0 Å². The summed E-state index contributed by atoms with van der Waals surface area (Å²) in [7, 11) is 0. The Bertz CT molecular complexity index is 485. The average molecular weight is 225 g/mol. The first-order valence-corrected chi connectivity index (χ1v) is 5.14. The largest absolute Gasteiger partial charge is 0.481 e. The topological polar surface area (TPSA) is 93.3 Å². The van der Waals surface area contributed by atoms with Gasteiger partial charge in [-0.05, 0) is 22.6 Å². The summed E-state index contributed by atoms with van der Waals surface area (Å²) in [5.74, 6) is -0.332. The molecular formula is C7H7N5O2S. The lowest BCUT2D eigenvalue weighted by Crippen LogP contribution is -1.98. The van der Waals surface area contributed by atoms with Gasteiger partial charge in [-0.25, -0.2) is 0 Å². The number of fused-ring (bicyclic) bond motifs is 1. The van der Waals surface area contributed by atoms with Crippen LogP contribution in [0.4, 0.5) is 0 Å². The summed E-state index contributed by atoms with van der Waals surface area (Å²) >= 11 is 1.36. The molecule has 0 aliphatic heterocycles. The Balaban J connectivity index is 2.04. The molecule has 0 amide bonds. The molecule has 1 N–H and O–H groups in total. The highest BCUT2D eigenvalue weighted by Crippen LogP contribution is 2.15. The Morgan fingerprint density at radius 3 is 3.20 bits per heavy atom. The van der Waals surface area contributed by atoms with Gasteiger partial charge in [0, 0.05) is 5.75 Å². The van der Waals surface area contributed by atoms with Crippen molar-refractivity contribution in [2.75, 3.05) is 5.75 Å². The molecule has 0 radical (unpaired) electrons. The second-order valence-electron chi connectivity index (χ2n) is 2.69. The fraction of sp³-hybridized carbons (Fsp3) is 0.286. The highest BCUT2D eigenvalue weighted by molar-refractivity contribution is 7.99. The Morgan fingerprint density at radius 1 is 1.53 bits per heavy atom. The van der Waals surface area contributed by atoms with E-state index in [1.165, 1.54) is 16.4 Å². The number of nitrogens with zero attached hydrogens (tertiary/aromatic N) is 5. The average Bonchev–Trinajstić information content (AvgIpc) is 2.64. The Labute approximate surface area is 88.5 Å². The van der Waals surface area contributed by atoms with Gasteiger partial charge < -0.3 is 5.11 Å². The summed E-state index contributed by atoms with van der Waals surface area (Å²) in [6, 6.07) is 3.49. The van der Waals surface area contributed by atoms with Gasteiger partial charge in [0.2, 0.25) is 0 Å². The first-order valence-electron chi connectivity index (χ1n) is 4.16. The van der Waals surface area contributed by atoms with Gasteiger partial charge in [0.05, 0.1) is 6.42 Å². The van der Waals surface area contributed by atoms with Crippen molar-refractivity contribution in [3.05, 3.63) is 12.1 Å². The van der Waals surface area contributed by atoms with Crippen LogP contribution in [0.25, 0.3) is 5.65 Å². The number of tetrazole rings is 1. The second-order valence-corrected chi connectivity index (χ2v) is 3.81. The normalized spacial score (nSPS) is 10.7. The molecule has 0 unspecified atom stereocenters. The van der Waals surface area contributed by atoms with Crippen LogP contribution in [-0.4, -0.2) is 42.1 Å². The van der Waals surface area contributed by atoms with Gasteiger partial charge in [-0.15, -0.1) is 26.6 Å². The summed E-state index contributed by atoms with van der Waals surface area (Å²) in [6.45, 7) is 0. The number of rotatable bonds is 4. The van der Waals surface area contributed by atoms with E-state index in [4.69, 9.17) is 5.11 Å². The van der Waals surface area contributed by atoms with E-state index in [1.54, 1.807) is 12.1 Å². The van der Waals surface area contributed by atoms with E-state index >= 15 is 0 Å². The number of aromatic nitrogens is 5. The first kappa shape index (κ1) is 9.84. The molecule has 2 aromatic rings. The second kappa shape index (κ2) is 4.22. The van der Waals surface area contributed by atoms with Crippen molar-refractivity contribution in [1.82, 2.24) is 25.3 Å². The maximum atomic E-state index is 10.3. The van der Waals surface area contributed by atoms with Crippen molar-refractivity contribution in [3.8, 4) is 0 Å². The van der Waals surface area contributed by atoms with Gasteiger partial charge in [-0.2, -0.15) is 0 Å². The molecule has 0 aliphatic rings. The van der Waals surface area contributed by atoms with Gasteiger partial charge in [0.15, 0.2) is 5.65 Å². The molecule has 0 saturated carbocycles. The van der Waals surface area contributed by atoms with E-state index in [-0.39, 0.29) is 6.42 Å². The number of carboxylic acid groups (broad SMARTS) is 1. The number of thioether (sulfide) groups is 1. The van der Waals surface area contributed by atoms with Crippen LogP contribution in [0.2, 0.25) is 0 Å². The van der Waals surface area contributed by atoms with E-state index < -0.39 is 5.97 Å². The van der Waals surface area contributed by atoms with Crippen molar-refractivity contribution in [3.63, 3.8) is 0 Å². The predicted octanol–water partition coefficient (Wildman–Crippen LogP) is 0.0861. The monoisotopic (exact) mass is 225 g/mol. The molecule has 2 rings (SSSR count). The Hall–Kier alpha value is -1.70. The Kier molecular flexibility index (Phi) is 2.77. The summed E-state index contributed by atoms with van der Waals surface area (Å²) in [5.41, 5.74) is 0.567. The lowest BCUT2D eigenvalue weighted by Gasteiger charge is -1.97. The minimum atomic E-state index is -0.814. The summed E-state index contributed by atoms with van der Waals surface area (Å²) in [5, 5.41) is 24.0. The molecule has 7 nitrogen and oxygen atoms in total. The van der Waals surface area contributed by atoms with Gasteiger partial charge in [0.1, 0.15) is 5.03 Å². The molecule has 0 atom stereocenters. The van der Waals surface area contributed by atoms with E-state index in [0.717, 1.165) is 0 Å². The zero-order valence-corrected chi connectivity index (χ0v) is 8.39. The van der Waals surface area contributed by atoms with Gasteiger partial charge in [-0.1, -0.05) is 0 Å². The van der Waals surface area contributed by atoms with Crippen molar-refractivity contribution in [2.45, 2.75) is 11.4 Å². The molecule has 0 saturated heterocycles. The third-order valence-electron chi connectivity index (χ3n) is 1.61. The van der Waals surface area contributed by atoms with E-state index in [0.29, 0.717) is 16.4 Å². The molecule has 8 heteroatoms. The lowest BCUT2D eigenvalue weighted by molar-refractivity contribution is -0.136. The third kappa shape index (κ3) is 2.40. The number of aliphatic carboxylic acids is 1. The van der Waals surface area contributed by atoms with E-state index in [2.05, 4.69) is 20.6 Å². The number of hydrogen-bond acceptors (Lipinski definition) is 6. The van der Waals surface area contributed by atoms with Crippen LogP contribution in [0.15, 0.2) is 17.2 Å². The van der Waals surface area contributed by atoms with Crippen LogP contribution in [-0.2, 0) is 4.79 Å².